The Labute approximate surface area is 109 Å². The van der Waals surface area contributed by atoms with Gasteiger partial charge >= 0.3 is 0 Å². The van der Waals surface area contributed by atoms with E-state index < -0.39 is 0 Å². The zero-order valence-electron chi connectivity index (χ0n) is 10.2. The number of hydrogen-bond acceptors (Lipinski definition) is 6. The minimum absolute atomic E-state index is 0.198. The number of nitrogens with zero attached hydrogens (tertiary/aromatic N) is 4. The Balaban J connectivity index is 1.77. The summed E-state index contributed by atoms with van der Waals surface area (Å²) in [5.74, 6) is 2.08. The fourth-order valence-electron chi connectivity index (χ4n) is 2.12. The molecule has 0 bridgehead atoms. The summed E-state index contributed by atoms with van der Waals surface area (Å²) in [5.41, 5.74) is 7.88. The molecule has 6 nitrogen and oxygen atoms in total. The summed E-state index contributed by atoms with van der Waals surface area (Å²) in [5, 5.41) is 7.23. The molecule has 0 radical (unpaired) electrons. The highest BCUT2D eigenvalue weighted by molar-refractivity contribution is 7.13. The standard InChI is InChI=1S/C11H16N6S/c1-7-2-3-17(5-8(7)12)11-14-10(15-16-11)9-4-13-6-18-9/h4,6-8H,2-3,5,12H2,1H3,(H,14,15,16). The number of nitrogens with two attached hydrogens (primary N) is 1. The third-order valence-electron chi connectivity index (χ3n) is 3.44. The zero-order valence-corrected chi connectivity index (χ0v) is 11.0. The van der Waals surface area contributed by atoms with E-state index in [1.807, 2.05) is 0 Å². The van der Waals surface area contributed by atoms with Crippen molar-refractivity contribution in [1.82, 2.24) is 20.2 Å². The van der Waals surface area contributed by atoms with Gasteiger partial charge in [-0.3, -0.25) is 10.1 Å². The Kier molecular flexibility index (Phi) is 3.00. The Morgan fingerprint density at radius 3 is 3.17 bits per heavy atom. The molecule has 3 rings (SSSR count). The van der Waals surface area contributed by atoms with E-state index in [-0.39, 0.29) is 6.04 Å². The molecule has 0 aromatic carbocycles. The van der Waals surface area contributed by atoms with Gasteiger partial charge in [-0.15, -0.1) is 16.4 Å². The van der Waals surface area contributed by atoms with Crippen LogP contribution in [0.2, 0.25) is 0 Å². The highest BCUT2D eigenvalue weighted by Gasteiger charge is 2.25. The van der Waals surface area contributed by atoms with Crippen LogP contribution in [0.15, 0.2) is 11.7 Å². The van der Waals surface area contributed by atoms with Gasteiger partial charge in [-0.2, -0.15) is 4.98 Å². The Morgan fingerprint density at radius 2 is 2.44 bits per heavy atom. The van der Waals surface area contributed by atoms with E-state index in [2.05, 4.69) is 32.0 Å². The lowest BCUT2D eigenvalue weighted by molar-refractivity contribution is 0.376. The molecule has 2 aromatic heterocycles. The fourth-order valence-corrected chi connectivity index (χ4v) is 2.68. The highest BCUT2D eigenvalue weighted by Crippen LogP contribution is 2.23. The number of aromatic amines is 1. The summed E-state index contributed by atoms with van der Waals surface area (Å²) in [4.78, 5) is 11.7. The van der Waals surface area contributed by atoms with Crippen molar-refractivity contribution in [3.8, 4) is 10.7 Å². The van der Waals surface area contributed by atoms with Crippen LogP contribution in [-0.4, -0.2) is 39.3 Å². The first kappa shape index (κ1) is 11.6. The molecule has 96 valence electrons. The Hall–Kier alpha value is -1.47. The van der Waals surface area contributed by atoms with Crippen LogP contribution in [0.3, 0.4) is 0 Å². The molecule has 3 N–H and O–H groups in total. The first-order valence-electron chi connectivity index (χ1n) is 6.06. The predicted molar refractivity (Wildman–Crippen MR) is 71.5 cm³/mol. The molecule has 0 saturated carbocycles. The average molecular weight is 264 g/mol. The molecule has 18 heavy (non-hydrogen) atoms. The Bertz CT molecular complexity index is 507. The van der Waals surface area contributed by atoms with Crippen molar-refractivity contribution < 1.29 is 0 Å². The van der Waals surface area contributed by atoms with Gasteiger partial charge in [0.2, 0.25) is 5.95 Å². The molecular weight excluding hydrogens is 248 g/mol. The van der Waals surface area contributed by atoms with Crippen LogP contribution in [0.4, 0.5) is 5.95 Å². The molecule has 0 amide bonds. The predicted octanol–water partition coefficient (Wildman–Crippen LogP) is 1.10. The van der Waals surface area contributed by atoms with Crippen LogP contribution in [0.5, 0.6) is 0 Å². The van der Waals surface area contributed by atoms with E-state index in [4.69, 9.17) is 5.73 Å². The number of thiazole rings is 1. The first-order chi connectivity index (χ1) is 8.74. The van der Waals surface area contributed by atoms with Gasteiger partial charge in [-0.05, 0) is 12.3 Å². The van der Waals surface area contributed by atoms with E-state index in [1.165, 1.54) is 0 Å². The molecule has 1 aliphatic rings. The second kappa shape index (κ2) is 4.66. The van der Waals surface area contributed by atoms with Crippen molar-refractivity contribution in [2.24, 2.45) is 11.7 Å². The monoisotopic (exact) mass is 264 g/mol. The lowest BCUT2D eigenvalue weighted by Gasteiger charge is -2.34. The van der Waals surface area contributed by atoms with Crippen molar-refractivity contribution in [2.45, 2.75) is 19.4 Å². The molecule has 0 spiro atoms. The van der Waals surface area contributed by atoms with Crippen LogP contribution < -0.4 is 10.6 Å². The molecule has 1 fully saturated rings. The summed E-state index contributed by atoms with van der Waals surface area (Å²) in [6, 6.07) is 0.198. The van der Waals surface area contributed by atoms with Gasteiger partial charge in [0.05, 0.1) is 10.4 Å². The SMILES string of the molecule is CC1CCN(c2n[nH]c(-c3cncs3)n2)CC1N. The maximum Gasteiger partial charge on any atom is 0.245 e. The summed E-state index contributed by atoms with van der Waals surface area (Å²) in [7, 11) is 0. The second-order valence-corrected chi connectivity index (χ2v) is 5.61. The minimum Gasteiger partial charge on any atom is -0.338 e. The second-order valence-electron chi connectivity index (χ2n) is 4.73. The number of piperidine rings is 1. The maximum absolute atomic E-state index is 6.09. The molecule has 2 aromatic rings. The Morgan fingerprint density at radius 1 is 1.56 bits per heavy atom. The average Bonchev–Trinajstić information content (AvgIpc) is 3.01. The maximum atomic E-state index is 6.09. The van der Waals surface area contributed by atoms with Crippen molar-refractivity contribution in [2.75, 3.05) is 18.0 Å². The third-order valence-corrected chi connectivity index (χ3v) is 4.22. The van der Waals surface area contributed by atoms with Crippen molar-refractivity contribution >= 4 is 17.3 Å². The number of H-pyrrole nitrogens is 1. The topological polar surface area (TPSA) is 83.7 Å². The summed E-state index contributed by atoms with van der Waals surface area (Å²) >= 11 is 1.55. The minimum atomic E-state index is 0.198. The largest absolute Gasteiger partial charge is 0.338 e. The molecule has 0 aliphatic carbocycles. The van der Waals surface area contributed by atoms with Crippen LogP contribution in [0.25, 0.3) is 10.7 Å². The van der Waals surface area contributed by atoms with E-state index in [0.717, 1.165) is 36.2 Å². The smallest absolute Gasteiger partial charge is 0.245 e. The van der Waals surface area contributed by atoms with Crippen LogP contribution in [0, 0.1) is 5.92 Å². The van der Waals surface area contributed by atoms with Crippen molar-refractivity contribution in [3.63, 3.8) is 0 Å². The van der Waals surface area contributed by atoms with Crippen LogP contribution in [0.1, 0.15) is 13.3 Å². The molecule has 1 saturated heterocycles. The van der Waals surface area contributed by atoms with Gasteiger partial charge in [-0.1, -0.05) is 6.92 Å². The van der Waals surface area contributed by atoms with Gasteiger partial charge in [0.1, 0.15) is 0 Å². The quantitative estimate of drug-likeness (QED) is 0.848. The molecule has 7 heteroatoms. The summed E-state index contributed by atoms with van der Waals surface area (Å²) in [6.45, 7) is 3.98. The normalized spacial score (nSPS) is 24.4. The lowest BCUT2D eigenvalue weighted by atomic mass is 9.95. The van der Waals surface area contributed by atoms with Gasteiger partial charge < -0.3 is 10.6 Å². The van der Waals surface area contributed by atoms with E-state index in [9.17, 15) is 0 Å². The molecule has 2 atom stereocenters. The van der Waals surface area contributed by atoms with Gasteiger partial charge in [-0.25, -0.2) is 0 Å². The summed E-state index contributed by atoms with van der Waals surface area (Å²) in [6.07, 6.45) is 2.88. The van der Waals surface area contributed by atoms with Crippen molar-refractivity contribution in [1.29, 1.82) is 0 Å². The van der Waals surface area contributed by atoms with Gasteiger partial charge in [0.15, 0.2) is 5.82 Å². The van der Waals surface area contributed by atoms with Crippen LogP contribution >= 0.6 is 11.3 Å². The molecule has 3 heterocycles. The van der Waals surface area contributed by atoms with Gasteiger partial charge in [0.25, 0.3) is 0 Å². The number of aromatic nitrogens is 4. The number of hydrogen-bond donors (Lipinski definition) is 2. The molecule has 1 aliphatic heterocycles. The third kappa shape index (κ3) is 2.11. The fraction of sp³-hybridized carbons (Fsp3) is 0.545. The number of rotatable bonds is 2. The van der Waals surface area contributed by atoms with E-state index >= 15 is 0 Å². The number of nitrogens with one attached hydrogen (secondary N) is 1. The summed E-state index contributed by atoms with van der Waals surface area (Å²) < 4.78 is 0. The molecular formula is C11H16N6S. The van der Waals surface area contributed by atoms with E-state index in [0.29, 0.717) is 5.92 Å². The number of anilines is 1. The van der Waals surface area contributed by atoms with Crippen molar-refractivity contribution in [3.05, 3.63) is 11.7 Å². The molecule has 2 unspecified atom stereocenters. The lowest BCUT2D eigenvalue weighted by Crippen LogP contribution is -2.48. The van der Waals surface area contributed by atoms with Crippen LogP contribution in [-0.2, 0) is 0 Å². The zero-order chi connectivity index (χ0) is 12.5. The first-order valence-corrected chi connectivity index (χ1v) is 6.94. The van der Waals surface area contributed by atoms with Gasteiger partial charge in [0, 0.05) is 25.3 Å². The highest BCUT2D eigenvalue weighted by atomic mass is 32.1. The van der Waals surface area contributed by atoms with E-state index in [1.54, 1.807) is 23.0 Å².